The Hall–Kier alpha value is -2.52. The molecule has 0 heterocycles. The molecule has 0 aliphatic heterocycles. The monoisotopic (exact) mass is 806 g/mol. The molecule has 0 aromatic heterocycles. The number of ether oxygens (including phenoxy) is 2. The van der Waals surface area contributed by atoms with Crippen LogP contribution in [0.3, 0.4) is 0 Å². The van der Waals surface area contributed by atoms with E-state index in [1.807, 2.05) is 58.4 Å². The van der Waals surface area contributed by atoms with Crippen LogP contribution in [-0.4, -0.2) is 75.3 Å². The van der Waals surface area contributed by atoms with Crippen molar-refractivity contribution in [2.75, 3.05) is 47.5 Å². The van der Waals surface area contributed by atoms with Crippen LogP contribution in [0.1, 0.15) is 142 Å². The average molecular weight is 806 g/mol. The fraction of sp³-hybridized carbons (Fsp3) is 0.674. The number of carbonyl (C=O) groups excluding carboxylic acids is 1. The lowest BCUT2D eigenvalue weighted by Gasteiger charge is -2.28. The Morgan fingerprint density at radius 1 is 0.679 bits per heavy atom. The first kappa shape index (κ1) is 53.5. The van der Waals surface area contributed by atoms with Crippen molar-refractivity contribution in [3.8, 4) is 0 Å². The average Bonchev–Trinajstić information content (AvgIpc) is 3.15. The summed E-state index contributed by atoms with van der Waals surface area (Å²) >= 11 is 0. The van der Waals surface area contributed by atoms with E-state index in [0.29, 0.717) is 17.4 Å². The quantitative estimate of drug-likeness (QED) is 0.0125. The lowest BCUT2D eigenvalue weighted by atomic mass is 10.1. The van der Waals surface area contributed by atoms with Gasteiger partial charge < -0.3 is 33.0 Å². The number of aliphatic hydroxyl groups is 1. The molecule has 0 spiro atoms. The van der Waals surface area contributed by atoms with Gasteiger partial charge in [0.2, 0.25) is 0 Å². The van der Waals surface area contributed by atoms with E-state index in [9.17, 15) is 19.4 Å². The Labute approximate surface area is 342 Å². The van der Waals surface area contributed by atoms with E-state index in [2.05, 4.69) is 49.5 Å². The fourth-order valence-electron chi connectivity index (χ4n) is 5.14. The number of nitrogens with zero attached hydrogens (tertiary/aromatic N) is 1. The number of allylic oxidation sites excluding steroid dienone is 12. The molecule has 10 heteroatoms. The molecule has 0 fully saturated rings. The molecule has 9 nitrogen and oxygen atoms in total. The summed E-state index contributed by atoms with van der Waals surface area (Å²) in [6.45, 7) is 4.28. The van der Waals surface area contributed by atoms with Crippen molar-refractivity contribution < 1.29 is 42.4 Å². The van der Waals surface area contributed by atoms with Gasteiger partial charge in [0.15, 0.2) is 6.10 Å². The van der Waals surface area contributed by atoms with Crippen LogP contribution < -0.4 is 4.89 Å². The van der Waals surface area contributed by atoms with Gasteiger partial charge in [-0.25, -0.2) is 0 Å². The normalized spacial score (nSPS) is 15.1. The zero-order chi connectivity index (χ0) is 41.4. The molecule has 0 aliphatic rings. The number of hydrogen-bond acceptors (Lipinski definition) is 8. The molecule has 0 amide bonds. The highest BCUT2D eigenvalue weighted by Crippen LogP contribution is 2.38. The third-order valence-corrected chi connectivity index (χ3v) is 9.62. The maximum atomic E-state index is 12.6. The molecule has 0 aromatic carbocycles. The van der Waals surface area contributed by atoms with Gasteiger partial charge in [-0.3, -0.25) is 9.36 Å². The third kappa shape index (κ3) is 41.1. The van der Waals surface area contributed by atoms with E-state index in [0.717, 1.165) is 44.9 Å². The van der Waals surface area contributed by atoms with Crippen LogP contribution in [0.4, 0.5) is 0 Å². The summed E-state index contributed by atoms with van der Waals surface area (Å²) in [6, 6.07) is 0. The number of hydrogen-bond donors (Lipinski definition) is 1. The van der Waals surface area contributed by atoms with Crippen LogP contribution in [0.25, 0.3) is 0 Å². The van der Waals surface area contributed by atoms with Crippen molar-refractivity contribution in [3.63, 3.8) is 0 Å². The minimum atomic E-state index is -4.57. The second kappa shape index (κ2) is 38.0. The van der Waals surface area contributed by atoms with Crippen molar-refractivity contribution in [2.24, 2.45) is 0 Å². The largest absolute Gasteiger partial charge is 0.756 e. The molecule has 1 unspecified atom stereocenters. The first-order chi connectivity index (χ1) is 27.0. The Morgan fingerprint density at radius 3 is 1.82 bits per heavy atom. The molecule has 0 radical (unpaired) electrons. The van der Waals surface area contributed by atoms with Crippen LogP contribution in [-0.2, 0) is 27.9 Å². The molecule has 322 valence electrons. The summed E-state index contributed by atoms with van der Waals surface area (Å²) in [7, 11) is 1.25. The van der Waals surface area contributed by atoms with Gasteiger partial charge in [-0.2, -0.15) is 0 Å². The highest BCUT2D eigenvalue weighted by atomic mass is 31.2. The topological polar surface area (TPSA) is 114 Å². The Balaban J connectivity index is 4.46. The molecular formula is C46H80NO8P. The number of carbonyl (C=O) groups is 1. The number of rotatable bonds is 38. The van der Waals surface area contributed by atoms with Gasteiger partial charge >= 0.3 is 5.97 Å². The first-order valence-corrected chi connectivity index (χ1v) is 22.9. The van der Waals surface area contributed by atoms with Crippen molar-refractivity contribution in [1.82, 2.24) is 0 Å². The molecule has 0 aliphatic carbocycles. The van der Waals surface area contributed by atoms with Gasteiger partial charge in [0.05, 0.1) is 40.1 Å². The lowest BCUT2D eigenvalue weighted by Crippen LogP contribution is -2.37. The smallest absolute Gasteiger partial charge is 0.306 e. The summed E-state index contributed by atoms with van der Waals surface area (Å²) in [5.74, 6) is -0.430. The van der Waals surface area contributed by atoms with Crippen LogP contribution in [0.2, 0.25) is 0 Å². The second-order valence-corrected chi connectivity index (χ2v) is 16.6. The number of unbranched alkanes of at least 4 members (excludes halogenated alkanes) is 12. The third-order valence-electron chi connectivity index (χ3n) is 8.65. The fourth-order valence-corrected chi connectivity index (χ4v) is 5.87. The maximum absolute atomic E-state index is 12.6. The Kier molecular flexibility index (Phi) is 36.3. The van der Waals surface area contributed by atoms with E-state index in [4.69, 9.17) is 18.5 Å². The number of quaternary nitrogens is 1. The van der Waals surface area contributed by atoms with Crippen molar-refractivity contribution in [3.05, 3.63) is 85.3 Å². The molecule has 0 saturated heterocycles. The molecule has 3 atom stereocenters. The Bertz CT molecular complexity index is 1180. The van der Waals surface area contributed by atoms with Crippen molar-refractivity contribution >= 4 is 13.8 Å². The van der Waals surface area contributed by atoms with Crippen LogP contribution in [0.15, 0.2) is 85.3 Å². The first-order valence-electron chi connectivity index (χ1n) is 21.5. The molecule has 1 N–H and O–H groups in total. The van der Waals surface area contributed by atoms with Crippen LogP contribution in [0.5, 0.6) is 0 Å². The maximum Gasteiger partial charge on any atom is 0.306 e. The summed E-state index contributed by atoms with van der Waals surface area (Å²) in [5.41, 5.74) is 0. The minimum absolute atomic E-state index is 0.00617. The minimum Gasteiger partial charge on any atom is -0.756 e. The number of phosphoric acid groups is 1. The van der Waals surface area contributed by atoms with E-state index < -0.39 is 19.9 Å². The molecule has 0 bridgehead atoms. The SMILES string of the molecule is CCCCCC/C=C\CCCCCCCC/C=C/OC[C@H](COP(=O)([O-])OCC[N+](C)(C)C)OC(=O)CCC/C=C\C/C=C\C/C=C\C/C=C\C=C\[C@H](O)CC. The molecule has 0 saturated carbocycles. The summed E-state index contributed by atoms with van der Waals surface area (Å²) < 4.78 is 34.2. The van der Waals surface area contributed by atoms with E-state index in [-0.39, 0.29) is 32.3 Å². The predicted molar refractivity (Wildman–Crippen MR) is 232 cm³/mol. The standard InChI is InChI=1S/C46H80NO8P/c1-6-8-9-10-11-12-13-14-15-18-21-24-27-30-33-36-40-52-42-45(43-54-56(50,51)53-41-39-47(3,4)5)55-46(49)38-35-32-29-26-23-20-17-16-19-22-25-28-31-34-37-44(48)7-2/h12-13,17,19-20,22,26,28-29,31,34,36-37,40,44-45,48H,6-11,14-16,18,21,23-25,27,30,32-33,35,38-39,41-43H2,1-5H3/b13-12-,20-17-,22-19-,29-26-,31-28-,37-34+,40-36+/t44-,45-/m1/s1. The number of esters is 1. The van der Waals surface area contributed by atoms with Gasteiger partial charge in [-0.05, 0) is 83.1 Å². The van der Waals surface area contributed by atoms with Crippen LogP contribution in [0, 0.1) is 0 Å². The zero-order valence-electron chi connectivity index (χ0n) is 35.9. The molecule has 56 heavy (non-hydrogen) atoms. The van der Waals surface area contributed by atoms with Gasteiger partial charge in [0.25, 0.3) is 7.82 Å². The number of phosphoric ester groups is 1. The van der Waals surface area contributed by atoms with Crippen molar-refractivity contribution in [2.45, 2.75) is 154 Å². The van der Waals surface area contributed by atoms with Crippen molar-refractivity contribution in [1.29, 1.82) is 0 Å². The zero-order valence-corrected chi connectivity index (χ0v) is 36.8. The van der Waals surface area contributed by atoms with Gasteiger partial charge in [-0.1, -0.05) is 132 Å². The van der Waals surface area contributed by atoms with Crippen LogP contribution >= 0.6 is 7.82 Å². The lowest BCUT2D eigenvalue weighted by molar-refractivity contribution is -0.870. The van der Waals surface area contributed by atoms with E-state index in [1.165, 1.54) is 70.6 Å². The number of likely N-dealkylation sites (N-methyl/N-ethyl adjacent to an activating group) is 1. The van der Waals surface area contributed by atoms with E-state index >= 15 is 0 Å². The summed E-state index contributed by atoms with van der Waals surface area (Å²) in [6.07, 6.45) is 47.9. The second-order valence-electron chi connectivity index (χ2n) is 15.2. The van der Waals surface area contributed by atoms with E-state index in [1.54, 1.807) is 12.3 Å². The summed E-state index contributed by atoms with van der Waals surface area (Å²) in [4.78, 5) is 25.0. The van der Waals surface area contributed by atoms with Gasteiger partial charge in [0, 0.05) is 6.42 Å². The molecule has 0 aromatic rings. The molecular weight excluding hydrogens is 725 g/mol. The highest BCUT2D eigenvalue weighted by molar-refractivity contribution is 7.45. The molecule has 0 rings (SSSR count). The number of aliphatic hydroxyl groups excluding tert-OH is 1. The highest BCUT2D eigenvalue weighted by Gasteiger charge is 2.20. The Morgan fingerprint density at radius 2 is 1.21 bits per heavy atom. The summed E-state index contributed by atoms with van der Waals surface area (Å²) in [5, 5.41) is 9.48. The predicted octanol–water partition coefficient (Wildman–Crippen LogP) is 11.2. The van der Waals surface area contributed by atoms with Gasteiger partial charge in [0.1, 0.15) is 19.8 Å². The van der Waals surface area contributed by atoms with Gasteiger partial charge in [-0.15, -0.1) is 0 Å².